The third kappa shape index (κ3) is 4.65. The first-order valence-electron chi connectivity index (χ1n) is 9.34. The van der Waals surface area contributed by atoms with Gasteiger partial charge < -0.3 is 14.4 Å². The lowest BCUT2D eigenvalue weighted by molar-refractivity contribution is -0.143. The number of methoxy groups -OCH3 is 2. The SMILES string of the molecule is COc1ccc(CN(C)C(=O)c2cnn(-c3ccc(C)cc3)c2C(F)(F)F)c(OC)c1. The molecule has 0 atom stereocenters. The van der Waals surface area contributed by atoms with Crippen LogP contribution in [-0.4, -0.2) is 41.9 Å². The van der Waals surface area contributed by atoms with Crippen LogP contribution in [0.25, 0.3) is 5.69 Å². The Kier molecular flexibility index (Phi) is 6.24. The highest BCUT2D eigenvalue weighted by atomic mass is 19.4. The van der Waals surface area contributed by atoms with Gasteiger partial charge in [-0.2, -0.15) is 18.3 Å². The Morgan fingerprint density at radius 1 is 1.10 bits per heavy atom. The van der Waals surface area contributed by atoms with Crippen LogP contribution in [0.15, 0.2) is 48.7 Å². The fraction of sp³-hybridized carbons (Fsp3) is 0.273. The van der Waals surface area contributed by atoms with Crippen LogP contribution in [0.2, 0.25) is 0 Å². The maximum Gasteiger partial charge on any atom is 0.434 e. The van der Waals surface area contributed by atoms with Crippen LogP contribution >= 0.6 is 0 Å². The molecule has 0 aliphatic rings. The average Bonchev–Trinajstić information content (AvgIpc) is 3.19. The molecule has 1 amide bonds. The van der Waals surface area contributed by atoms with Crippen molar-refractivity contribution in [2.75, 3.05) is 21.3 Å². The normalized spacial score (nSPS) is 11.3. The number of rotatable bonds is 6. The molecular weight excluding hydrogens is 411 g/mol. The number of nitrogens with zero attached hydrogens (tertiary/aromatic N) is 3. The van der Waals surface area contributed by atoms with Gasteiger partial charge in [0, 0.05) is 25.2 Å². The number of carbonyl (C=O) groups is 1. The predicted octanol–water partition coefficient (Wildman–Crippen LogP) is 4.49. The number of carbonyl (C=O) groups excluding carboxylic acids is 1. The van der Waals surface area contributed by atoms with Gasteiger partial charge in [-0.3, -0.25) is 4.79 Å². The molecule has 164 valence electrons. The summed E-state index contributed by atoms with van der Waals surface area (Å²) < 4.78 is 52.9. The molecule has 0 fully saturated rings. The average molecular weight is 433 g/mol. The molecule has 0 spiro atoms. The molecule has 2 aromatic carbocycles. The highest BCUT2D eigenvalue weighted by Gasteiger charge is 2.41. The molecule has 0 radical (unpaired) electrons. The Hall–Kier alpha value is -3.49. The zero-order chi connectivity index (χ0) is 22.8. The molecule has 3 rings (SSSR count). The Labute approximate surface area is 177 Å². The van der Waals surface area contributed by atoms with Crippen molar-refractivity contribution in [1.82, 2.24) is 14.7 Å². The van der Waals surface area contributed by atoms with E-state index in [1.54, 1.807) is 30.3 Å². The summed E-state index contributed by atoms with van der Waals surface area (Å²) >= 11 is 0. The van der Waals surface area contributed by atoms with Crippen molar-refractivity contribution in [2.45, 2.75) is 19.6 Å². The minimum Gasteiger partial charge on any atom is -0.497 e. The standard InChI is InChI=1S/C22H22F3N3O3/c1-14-5-8-16(9-6-14)28-20(22(23,24)25)18(12-26-28)21(29)27(2)13-15-7-10-17(30-3)11-19(15)31-4/h5-12H,13H2,1-4H3. The minimum absolute atomic E-state index is 0.0407. The second-order valence-electron chi connectivity index (χ2n) is 6.99. The first-order valence-corrected chi connectivity index (χ1v) is 9.34. The molecule has 31 heavy (non-hydrogen) atoms. The number of amides is 1. The first-order chi connectivity index (χ1) is 14.7. The Morgan fingerprint density at radius 3 is 2.35 bits per heavy atom. The molecule has 9 heteroatoms. The number of hydrogen-bond donors (Lipinski definition) is 0. The number of alkyl halides is 3. The van der Waals surface area contributed by atoms with E-state index in [2.05, 4.69) is 5.10 Å². The number of aromatic nitrogens is 2. The van der Waals surface area contributed by atoms with Crippen LogP contribution in [-0.2, 0) is 12.7 Å². The molecule has 6 nitrogen and oxygen atoms in total. The van der Waals surface area contributed by atoms with Crippen LogP contribution < -0.4 is 9.47 Å². The van der Waals surface area contributed by atoms with E-state index in [1.165, 1.54) is 38.3 Å². The molecule has 0 bridgehead atoms. The molecular formula is C22H22F3N3O3. The second-order valence-corrected chi connectivity index (χ2v) is 6.99. The number of hydrogen-bond acceptors (Lipinski definition) is 4. The van der Waals surface area contributed by atoms with Gasteiger partial charge >= 0.3 is 6.18 Å². The molecule has 1 heterocycles. The topological polar surface area (TPSA) is 56.6 Å². The lowest BCUT2D eigenvalue weighted by Crippen LogP contribution is -2.29. The van der Waals surface area contributed by atoms with Crippen molar-refractivity contribution in [3.05, 3.63) is 71.0 Å². The highest BCUT2D eigenvalue weighted by Crippen LogP contribution is 2.34. The molecule has 0 saturated heterocycles. The monoisotopic (exact) mass is 433 g/mol. The van der Waals surface area contributed by atoms with Gasteiger partial charge in [0.15, 0.2) is 5.69 Å². The van der Waals surface area contributed by atoms with Gasteiger partial charge in [-0.25, -0.2) is 4.68 Å². The number of aryl methyl sites for hydroxylation is 1. The van der Waals surface area contributed by atoms with Gasteiger partial charge in [0.2, 0.25) is 0 Å². The van der Waals surface area contributed by atoms with Gasteiger partial charge in [-0.15, -0.1) is 0 Å². The van der Waals surface area contributed by atoms with E-state index in [-0.39, 0.29) is 12.2 Å². The Morgan fingerprint density at radius 2 is 1.77 bits per heavy atom. The maximum atomic E-state index is 13.9. The highest BCUT2D eigenvalue weighted by molar-refractivity contribution is 5.95. The quantitative estimate of drug-likeness (QED) is 0.575. The summed E-state index contributed by atoms with van der Waals surface area (Å²) in [5.41, 5.74) is 0.0991. The van der Waals surface area contributed by atoms with E-state index < -0.39 is 23.3 Å². The summed E-state index contributed by atoms with van der Waals surface area (Å²) in [6.45, 7) is 1.87. The van der Waals surface area contributed by atoms with E-state index in [4.69, 9.17) is 9.47 Å². The van der Waals surface area contributed by atoms with Crippen molar-refractivity contribution < 1.29 is 27.4 Å². The lowest BCUT2D eigenvalue weighted by atomic mass is 10.1. The van der Waals surface area contributed by atoms with Gasteiger partial charge in [0.05, 0.1) is 31.7 Å². The molecule has 0 saturated carbocycles. The van der Waals surface area contributed by atoms with Crippen LogP contribution in [0.1, 0.15) is 27.2 Å². The van der Waals surface area contributed by atoms with Crippen LogP contribution in [0, 0.1) is 6.92 Å². The van der Waals surface area contributed by atoms with E-state index in [0.29, 0.717) is 17.1 Å². The Balaban J connectivity index is 1.95. The van der Waals surface area contributed by atoms with Crippen molar-refractivity contribution in [3.8, 4) is 17.2 Å². The third-order valence-electron chi connectivity index (χ3n) is 4.80. The molecule has 0 aliphatic heterocycles. The molecule has 0 aliphatic carbocycles. The minimum atomic E-state index is -4.77. The largest absolute Gasteiger partial charge is 0.497 e. The van der Waals surface area contributed by atoms with E-state index in [1.807, 2.05) is 6.92 Å². The van der Waals surface area contributed by atoms with Gasteiger partial charge in [0.25, 0.3) is 5.91 Å². The van der Waals surface area contributed by atoms with Crippen LogP contribution in [0.3, 0.4) is 0 Å². The van der Waals surface area contributed by atoms with Gasteiger partial charge in [-0.1, -0.05) is 17.7 Å². The third-order valence-corrected chi connectivity index (χ3v) is 4.80. The van der Waals surface area contributed by atoms with Crippen LogP contribution in [0.5, 0.6) is 11.5 Å². The zero-order valence-electron chi connectivity index (χ0n) is 17.5. The summed E-state index contributed by atoms with van der Waals surface area (Å²) in [6.07, 6.45) is -3.82. The van der Waals surface area contributed by atoms with E-state index in [0.717, 1.165) is 16.4 Å². The van der Waals surface area contributed by atoms with Gasteiger partial charge in [0.1, 0.15) is 11.5 Å². The summed E-state index contributed by atoms with van der Waals surface area (Å²) in [7, 11) is 4.40. The molecule has 0 N–H and O–H groups in total. The van der Waals surface area contributed by atoms with Crippen LogP contribution in [0.4, 0.5) is 13.2 Å². The fourth-order valence-electron chi connectivity index (χ4n) is 3.17. The predicted molar refractivity (Wildman–Crippen MR) is 109 cm³/mol. The summed E-state index contributed by atoms with van der Waals surface area (Å²) in [5, 5.41) is 3.86. The molecule has 1 aromatic heterocycles. The number of halogens is 3. The van der Waals surface area contributed by atoms with Crippen molar-refractivity contribution in [1.29, 1.82) is 0 Å². The summed E-state index contributed by atoms with van der Waals surface area (Å²) in [6, 6.07) is 11.4. The number of benzene rings is 2. The smallest absolute Gasteiger partial charge is 0.434 e. The van der Waals surface area contributed by atoms with E-state index >= 15 is 0 Å². The Bertz CT molecular complexity index is 1080. The lowest BCUT2D eigenvalue weighted by Gasteiger charge is -2.20. The maximum absolute atomic E-state index is 13.9. The summed E-state index contributed by atoms with van der Waals surface area (Å²) in [4.78, 5) is 14.1. The summed E-state index contributed by atoms with van der Waals surface area (Å²) in [5.74, 6) is 0.224. The van der Waals surface area contributed by atoms with Crippen molar-refractivity contribution in [3.63, 3.8) is 0 Å². The molecule has 3 aromatic rings. The number of ether oxygens (including phenoxy) is 2. The van der Waals surface area contributed by atoms with Gasteiger partial charge in [-0.05, 0) is 31.2 Å². The second kappa shape index (κ2) is 8.71. The van der Waals surface area contributed by atoms with Crippen molar-refractivity contribution in [2.24, 2.45) is 0 Å². The zero-order valence-corrected chi connectivity index (χ0v) is 17.5. The fourth-order valence-corrected chi connectivity index (χ4v) is 3.17. The van der Waals surface area contributed by atoms with E-state index in [9.17, 15) is 18.0 Å². The first kappa shape index (κ1) is 22.2. The molecule has 0 unspecified atom stereocenters. The van der Waals surface area contributed by atoms with Crippen molar-refractivity contribution >= 4 is 5.91 Å².